The van der Waals surface area contributed by atoms with Crippen LogP contribution in [0.15, 0.2) is 71.3 Å². The number of amides is 1. The lowest BCUT2D eigenvalue weighted by Gasteiger charge is -2.28. The molecule has 0 unspecified atom stereocenters. The summed E-state index contributed by atoms with van der Waals surface area (Å²) in [6.45, 7) is 2.48. The molecule has 30 heavy (non-hydrogen) atoms. The van der Waals surface area contributed by atoms with E-state index < -0.39 is 0 Å². The molecule has 2 aromatic carbocycles. The third-order valence-corrected chi connectivity index (χ3v) is 5.69. The van der Waals surface area contributed by atoms with Crippen molar-refractivity contribution in [2.24, 2.45) is 0 Å². The highest BCUT2D eigenvalue weighted by Gasteiger charge is 2.20. The van der Waals surface area contributed by atoms with E-state index in [0.717, 1.165) is 38.1 Å². The molecule has 0 aliphatic carbocycles. The maximum atomic E-state index is 12.4. The second kappa shape index (κ2) is 9.63. The Morgan fingerprint density at radius 2 is 1.67 bits per heavy atom. The first kappa shape index (κ1) is 20.2. The predicted molar refractivity (Wildman–Crippen MR) is 120 cm³/mol. The molecule has 0 saturated heterocycles. The molecule has 1 aliphatic heterocycles. The molecule has 0 atom stereocenters. The normalized spacial score (nSPS) is 12.8. The first-order chi connectivity index (χ1) is 14.7. The summed E-state index contributed by atoms with van der Waals surface area (Å²) in [6, 6.07) is 21.1. The van der Waals surface area contributed by atoms with Crippen LogP contribution in [0.4, 0.5) is 11.4 Å². The van der Waals surface area contributed by atoms with Gasteiger partial charge in [-0.25, -0.2) is 0 Å². The number of carbonyl (C=O) groups excluding carboxylic acids is 1. The van der Waals surface area contributed by atoms with Crippen LogP contribution in [0.2, 0.25) is 0 Å². The fourth-order valence-corrected chi connectivity index (χ4v) is 4.04. The Balaban J connectivity index is 1.34. The Hall–Kier alpha value is -3.05. The van der Waals surface area contributed by atoms with Crippen molar-refractivity contribution in [3.8, 4) is 0 Å². The average Bonchev–Trinajstić information content (AvgIpc) is 3.24. The molecule has 1 N–H and O–H groups in total. The summed E-state index contributed by atoms with van der Waals surface area (Å²) in [5.74, 6) is 0.933. The number of nitrogens with one attached hydrogen (secondary N) is 1. The number of para-hydroxylation sites is 2. The third-order valence-electron chi connectivity index (χ3n) is 5.69. The maximum Gasteiger partial charge on any atom is 0.236 e. The van der Waals surface area contributed by atoms with Gasteiger partial charge in [0.05, 0.1) is 19.4 Å². The van der Waals surface area contributed by atoms with Crippen molar-refractivity contribution >= 4 is 17.3 Å². The quantitative estimate of drug-likeness (QED) is 0.614. The van der Waals surface area contributed by atoms with Crippen molar-refractivity contribution in [3.05, 3.63) is 83.8 Å². The van der Waals surface area contributed by atoms with Crippen LogP contribution in [0.25, 0.3) is 0 Å². The molecule has 156 valence electrons. The van der Waals surface area contributed by atoms with Gasteiger partial charge in [0.15, 0.2) is 0 Å². The Morgan fingerprint density at radius 1 is 1.00 bits per heavy atom. The fraction of sp³-hybridized carbons (Fsp3) is 0.320. The first-order valence-corrected chi connectivity index (χ1v) is 10.6. The minimum atomic E-state index is 0.0956. The fourth-order valence-electron chi connectivity index (χ4n) is 4.04. The minimum absolute atomic E-state index is 0.0956. The number of benzene rings is 2. The van der Waals surface area contributed by atoms with Gasteiger partial charge in [0.2, 0.25) is 5.91 Å². The van der Waals surface area contributed by atoms with Crippen LogP contribution in [-0.4, -0.2) is 37.5 Å². The SMILES string of the molecule is CN(CCCN1c2ccccc2CCc2ccccc21)C(=O)CNCc1ccco1. The van der Waals surface area contributed by atoms with Crippen molar-refractivity contribution in [1.29, 1.82) is 0 Å². The molecular formula is C25H29N3O2. The topological polar surface area (TPSA) is 48.7 Å². The van der Waals surface area contributed by atoms with E-state index in [1.165, 1.54) is 22.5 Å². The Morgan fingerprint density at radius 3 is 2.30 bits per heavy atom. The van der Waals surface area contributed by atoms with Crippen LogP contribution in [0, 0.1) is 0 Å². The lowest BCUT2D eigenvalue weighted by Crippen LogP contribution is -2.36. The lowest BCUT2D eigenvalue weighted by atomic mass is 10.0. The predicted octanol–water partition coefficient (Wildman–Crippen LogP) is 4.15. The van der Waals surface area contributed by atoms with E-state index in [9.17, 15) is 4.79 Å². The summed E-state index contributed by atoms with van der Waals surface area (Å²) in [4.78, 5) is 16.7. The summed E-state index contributed by atoms with van der Waals surface area (Å²) in [5, 5.41) is 3.15. The molecule has 0 spiro atoms. The van der Waals surface area contributed by atoms with Crippen LogP contribution in [0.1, 0.15) is 23.3 Å². The number of aryl methyl sites for hydroxylation is 2. The first-order valence-electron chi connectivity index (χ1n) is 10.6. The van der Waals surface area contributed by atoms with Gasteiger partial charge in [0.25, 0.3) is 0 Å². The highest BCUT2D eigenvalue weighted by Crippen LogP contribution is 2.35. The van der Waals surface area contributed by atoms with Crippen LogP contribution < -0.4 is 10.2 Å². The van der Waals surface area contributed by atoms with Gasteiger partial charge >= 0.3 is 0 Å². The molecule has 2 heterocycles. The Kier molecular flexibility index (Phi) is 6.50. The Bertz CT molecular complexity index is 921. The highest BCUT2D eigenvalue weighted by molar-refractivity contribution is 5.78. The van der Waals surface area contributed by atoms with Crippen LogP contribution in [-0.2, 0) is 24.2 Å². The molecule has 3 aromatic rings. The van der Waals surface area contributed by atoms with E-state index >= 15 is 0 Å². The van der Waals surface area contributed by atoms with Crippen molar-refractivity contribution < 1.29 is 9.21 Å². The van der Waals surface area contributed by atoms with Crippen molar-refractivity contribution in [1.82, 2.24) is 10.2 Å². The van der Waals surface area contributed by atoms with Crippen molar-refractivity contribution in [3.63, 3.8) is 0 Å². The van der Waals surface area contributed by atoms with Gasteiger partial charge in [0.1, 0.15) is 5.76 Å². The number of carbonyl (C=O) groups is 1. The van der Waals surface area contributed by atoms with Gasteiger partial charge in [-0.05, 0) is 54.7 Å². The number of fused-ring (bicyclic) bond motifs is 2. The van der Waals surface area contributed by atoms with E-state index in [0.29, 0.717) is 13.1 Å². The second-order valence-corrected chi connectivity index (χ2v) is 7.76. The largest absolute Gasteiger partial charge is 0.468 e. The van der Waals surface area contributed by atoms with E-state index in [1.54, 1.807) is 6.26 Å². The van der Waals surface area contributed by atoms with Crippen molar-refractivity contribution in [2.75, 3.05) is 31.6 Å². The van der Waals surface area contributed by atoms with Gasteiger partial charge < -0.3 is 19.5 Å². The number of hydrogen-bond donors (Lipinski definition) is 1. The summed E-state index contributed by atoms with van der Waals surface area (Å²) >= 11 is 0. The molecule has 5 nitrogen and oxygen atoms in total. The van der Waals surface area contributed by atoms with Crippen LogP contribution >= 0.6 is 0 Å². The van der Waals surface area contributed by atoms with E-state index in [1.807, 2.05) is 24.1 Å². The number of likely N-dealkylation sites (N-methyl/N-ethyl adjacent to an activating group) is 1. The molecule has 0 radical (unpaired) electrons. The standard InChI is InChI=1S/C25H29N3O2/c1-27(25(29)19-26-18-22-10-6-17-30-22)15-7-16-28-23-11-4-2-8-20(23)13-14-21-9-3-5-12-24(21)28/h2-6,8-12,17,26H,7,13-16,18-19H2,1H3. The second-order valence-electron chi connectivity index (χ2n) is 7.76. The number of rotatable bonds is 8. The molecule has 1 amide bonds. The minimum Gasteiger partial charge on any atom is -0.468 e. The summed E-state index contributed by atoms with van der Waals surface area (Å²) in [5.41, 5.74) is 5.36. The molecule has 5 heteroatoms. The van der Waals surface area contributed by atoms with Gasteiger partial charge in [0, 0.05) is 31.5 Å². The number of nitrogens with zero attached hydrogens (tertiary/aromatic N) is 2. The zero-order valence-electron chi connectivity index (χ0n) is 17.5. The number of furan rings is 1. The third kappa shape index (κ3) is 4.74. The summed E-state index contributed by atoms with van der Waals surface area (Å²) in [7, 11) is 1.88. The molecule has 0 fully saturated rings. The highest BCUT2D eigenvalue weighted by atomic mass is 16.3. The van der Waals surface area contributed by atoms with Crippen LogP contribution in [0.3, 0.4) is 0 Å². The molecule has 4 rings (SSSR count). The van der Waals surface area contributed by atoms with E-state index in [2.05, 4.69) is 58.7 Å². The van der Waals surface area contributed by atoms with E-state index in [4.69, 9.17) is 4.42 Å². The van der Waals surface area contributed by atoms with Crippen LogP contribution in [0.5, 0.6) is 0 Å². The Labute approximate surface area is 178 Å². The molecule has 0 saturated carbocycles. The lowest BCUT2D eigenvalue weighted by molar-refractivity contribution is -0.129. The summed E-state index contributed by atoms with van der Waals surface area (Å²) < 4.78 is 5.28. The average molecular weight is 404 g/mol. The van der Waals surface area contributed by atoms with E-state index in [-0.39, 0.29) is 5.91 Å². The van der Waals surface area contributed by atoms with Crippen molar-refractivity contribution in [2.45, 2.75) is 25.8 Å². The molecular weight excluding hydrogens is 374 g/mol. The van der Waals surface area contributed by atoms with Gasteiger partial charge in [-0.1, -0.05) is 36.4 Å². The molecule has 0 bridgehead atoms. The van der Waals surface area contributed by atoms with Gasteiger partial charge in [-0.2, -0.15) is 0 Å². The monoisotopic (exact) mass is 403 g/mol. The number of hydrogen-bond acceptors (Lipinski definition) is 4. The smallest absolute Gasteiger partial charge is 0.236 e. The zero-order valence-corrected chi connectivity index (χ0v) is 17.5. The maximum absolute atomic E-state index is 12.4. The molecule has 1 aromatic heterocycles. The zero-order chi connectivity index (χ0) is 20.8. The summed E-state index contributed by atoms with van der Waals surface area (Å²) in [6.07, 6.45) is 4.67. The molecule has 1 aliphatic rings. The van der Waals surface area contributed by atoms with Gasteiger partial charge in [-0.3, -0.25) is 4.79 Å². The number of anilines is 2. The van der Waals surface area contributed by atoms with Gasteiger partial charge in [-0.15, -0.1) is 0 Å².